The van der Waals surface area contributed by atoms with E-state index in [9.17, 15) is 14.5 Å². The van der Waals surface area contributed by atoms with E-state index in [-0.39, 0.29) is 17.2 Å². The average Bonchev–Trinajstić information content (AvgIpc) is 2.62. The summed E-state index contributed by atoms with van der Waals surface area (Å²) in [6.45, 7) is 2.75. The number of hydrogen-bond acceptors (Lipinski definition) is 6. The zero-order valence-corrected chi connectivity index (χ0v) is 12.7. The maximum atomic E-state index is 13.0. The quantitative estimate of drug-likeness (QED) is 0.635. The van der Waals surface area contributed by atoms with Crippen molar-refractivity contribution in [2.75, 3.05) is 36.0 Å². The summed E-state index contributed by atoms with van der Waals surface area (Å²) in [6.07, 6.45) is 0. The van der Waals surface area contributed by atoms with Crippen LogP contribution in [0.3, 0.4) is 0 Å². The third kappa shape index (κ3) is 3.10. The van der Waals surface area contributed by atoms with Crippen molar-refractivity contribution in [1.82, 2.24) is 4.98 Å². The summed E-state index contributed by atoms with van der Waals surface area (Å²) in [5.41, 5.74) is 0.482. The average molecular weight is 327 g/mol. The molecular weight excluding hydrogens is 313 g/mol. The Labute approximate surface area is 137 Å². The lowest BCUT2D eigenvalue weighted by atomic mass is 10.2. The van der Waals surface area contributed by atoms with Gasteiger partial charge in [-0.1, -0.05) is 0 Å². The fraction of sp³-hybridized carbons (Fsp3) is 0.250. The molecule has 3 rings (SSSR count). The van der Waals surface area contributed by atoms with Gasteiger partial charge in [0.25, 0.3) is 0 Å². The van der Waals surface area contributed by atoms with E-state index in [1.165, 1.54) is 18.2 Å². The first-order chi connectivity index (χ1) is 11.6. The van der Waals surface area contributed by atoms with Crippen molar-refractivity contribution in [3.63, 3.8) is 0 Å². The van der Waals surface area contributed by atoms with Crippen LogP contribution in [0.5, 0.6) is 0 Å². The number of benzene rings is 1. The highest BCUT2D eigenvalue weighted by molar-refractivity contribution is 5.53. The van der Waals surface area contributed by atoms with Crippen molar-refractivity contribution >= 4 is 17.2 Å². The highest BCUT2D eigenvalue weighted by Crippen LogP contribution is 2.23. The van der Waals surface area contributed by atoms with E-state index in [0.717, 1.165) is 5.69 Å². The van der Waals surface area contributed by atoms with Gasteiger partial charge < -0.3 is 9.80 Å². The molecule has 0 unspecified atom stereocenters. The van der Waals surface area contributed by atoms with E-state index in [2.05, 4.69) is 9.88 Å². The summed E-state index contributed by atoms with van der Waals surface area (Å²) in [4.78, 5) is 18.5. The van der Waals surface area contributed by atoms with E-state index in [1.807, 2.05) is 4.90 Å². The first-order valence-corrected chi connectivity index (χ1v) is 7.39. The van der Waals surface area contributed by atoms with E-state index >= 15 is 0 Å². The number of aromatic nitrogens is 1. The minimum atomic E-state index is -0.609. The van der Waals surface area contributed by atoms with Crippen LogP contribution in [-0.4, -0.2) is 36.1 Å². The third-order valence-corrected chi connectivity index (χ3v) is 3.96. The van der Waals surface area contributed by atoms with Gasteiger partial charge in [-0.05, 0) is 30.3 Å². The zero-order valence-electron chi connectivity index (χ0n) is 12.7. The molecule has 0 aliphatic carbocycles. The van der Waals surface area contributed by atoms with Gasteiger partial charge in [0.2, 0.25) is 5.69 Å². The molecule has 0 amide bonds. The maximum absolute atomic E-state index is 13.0. The molecule has 1 aromatic heterocycles. The lowest BCUT2D eigenvalue weighted by Gasteiger charge is -2.36. The van der Waals surface area contributed by atoms with Gasteiger partial charge in [-0.3, -0.25) is 10.1 Å². The van der Waals surface area contributed by atoms with Gasteiger partial charge in [0.15, 0.2) is 0 Å². The summed E-state index contributed by atoms with van der Waals surface area (Å²) in [5.74, 6) is 0.285. The molecule has 1 aliphatic rings. The van der Waals surface area contributed by atoms with Crippen LogP contribution < -0.4 is 9.80 Å². The Balaban J connectivity index is 1.72. The Morgan fingerprint density at radius 3 is 2.29 bits per heavy atom. The Bertz CT molecular complexity index is 795. The van der Waals surface area contributed by atoms with Gasteiger partial charge in [-0.25, -0.2) is 9.37 Å². The van der Waals surface area contributed by atoms with E-state index in [4.69, 9.17) is 5.26 Å². The van der Waals surface area contributed by atoms with Gasteiger partial charge in [0.05, 0.1) is 4.92 Å². The lowest BCUT2D eigenvalue weighted by molar-refractivity contribution is -0.385. The number of nitro groups is 1. The predicted molar refractivity (Wildman–Crippen MR) is 86.4 cm³/mol. The summed E-state index contributed by atoms with van der Waals surface area (Å²) >= 11 is 0. The van der Waals surface area contributed by atoms with Crippen molar-refractivity contribution < 1.29 is 9.31 Å². The molecule has 0 spiro atoms. The molecule has 0 N–H and O–H groups in total. The van der Waals surface area contributed by atoms with Crippen LogP contribution >= 0.6 is 0 Å². The molecule has 8 heteroatoms. The number of nitriles is 1. The van der Waals surface area contributed by atoms with Crippen LogP contribution in [-0.2, 0) is 0 Å². The largest absolute Gasteiger partial charge is 0.368 e. The molecule has 1 saturated heterocycles. The van der Waals surface area contributed by atoms with Crippen LogP contribution in [0.15, 0.2) is 36.4 Å². The molecule has 1 fully saturated rings. The van der Waals surface area contributed by atoms with Crippen LogP contribution in [0.1, 0.15) is 5.69 Å². The number of pyridine rings is 1. The minimum absolute atomic E-state index is 0.182. The van der Waals surface area contributed by atoms with E-state index in [1.54, 1.807) is 24.3 Å². The standard InChI is InChI=1S/C16H14FN5O2/c17-12-1-3-13(4-2-12)20-7-9-21(10-8-20)16-6-5-15(22(23)24)14(11-18)19-16/h1-6H,7-10H2. The molecule has 0 atom stereocenters. The number of rotatable bonds is 3. The van der Waals surface area contributed by atoms with Crippen molar-refractivity contribution in [2.24, 2.45) is 0 Å². The smallest absolute Gasteiger partial charge is 0.305 e. The van der Waals surface area contributed by atoms with Gasteiger partial charge >= 0.3 is 5.69 Å². The molecule has 24 heavy (non-hydrogen) atoms. The first-order valence-electron chi connectivity index (χ1n) is 7.39. The monoisotopic (exact) mass is 327 g/mol. The third-order valence-electron chi connectivity index (χ3n) is 3.96. The van der Waals surface area contributed by atoms with Crippen LogP contribution in [0.2, 0.25) is 0 Å². The van der Waals surface area contributed by atoms with Crippen LogP contribution in [0.25, 0.3) is 0 Å². The highest BCUT2D eigenvalue weighted by atomic mass is 19.1. The second-order valence-corrected chi connectivity index (χ2v) is 5.36. The lowest BCUT2D eigenvalue weighted by Crippen LogP contribution is -2.46. The Hall–Kier alpha value is -3.21. The number of halogens is 1. The van der Waals surface area contributed by atoms with Crippen molar-refractivity contribution in [2.45, 2.75) is 0 Å². The second kappa shape index (κ2) is 6.50. The summed E-state index contributed by atoms with van der Waals surface area (Å²) in [5, 5.41) is 19.9. The molecular formula is C16H14FN5O2. The SMILES string of the molecule is N#Cc1nc(N2CCN(c3ccc(F)cc3)CC2)ccc1[N+](=O)[O-]. The van der Waals surface area contributed by atoms with Gasteiger partial charge in [-0.2, -0.15) is 5.26 Å². The molecule has 1 aromatic carbocycles. The van der Waals surface area contributed by atoms with Crippen molar-refractivity contribution in [3.8, 4) is 6.07 Å². The number of anilines is 2. The molecule has 122 valence electrons. The first kappa shape index (κ1) is 15.7. The number of nitrogens with zero attached hydrogens (tertiary/aromatic N) is 5. The molecule has 0 saturated carbocycles. The Morgan fingerprint density at radius 2 is 1.71 bits per heavy atom. The summed E-state index contributed by atoms with van der Waals surface area (Å²) in [7, 11) is 0. The fourth-order valence-electron chi connectivity index (χ4n) is 2.69. The minimum Gasteiger partial charge on any atom is -0.368 e. The van der Waals surface area contributed by atoms with Crippen LogP contribution in [0.4, 0.5) is 21.6 Å². The number of piperazine rings is 1. The molecule has 0 bridgehead atoms. The van der Waals surface area contributed by atoms with Crippen LogP contribution in [0, 0.1) is 27.3 Å². The molecule has 2 heterocycles. The van der Waals surface area contributed by atoms with Gasteiger partial charge in [0, 0.05) is 37.9 Å². The highest BCUT2D eigenvalue weighted by Gasteiger charge is 2.21. The summed E-state index contributed by atoms with van der Waals surface area (Å²) < 4.78 is 13.0. The molecule has 7 nitrogen and oxygen atoms in total. The Morgan fingerprint density at radius 1 is 1.08 bits per heavy atom. The van der Waals surface area contributed by atoms with Crippen molar-refractivity contribution in [3.05, 3.63) is 58.0 Å². The van der Waals surface area contributed by atoms with E-state index in [0.29, 0.717) is 32.0 Å². The predicted octanol–water partition coefficient (Wildman–Crippen LogP) is 2.33. The normalized spacial score (nSPS) is 14.3. The molecule has 2 aromatic rings. The molecule has 0 radical (unpaired) electrons. The topological polar surface area (TPSA) is 86.3 Å². The maximum Gasteiger partial charge on any atom is 0.305 e. The van der Waals surface area contributed by atoms with Gasteiger partial charge in [-0.15, -0.1) is 0 Å². The summed E-state index contributed by atoms with van der Waals surface area (Å²) in [6, 6.07) is 11.0. The fourth-order valence-corrected chi connectivity index (χ4v) is 2.69. The van der Waals surface area contributed by atoms with E-state index < -0.39 is 4.92 Å². The molecule has 1 aliphatic heterocycles. The number of hydrogen-bond donors (Lipinski definition) is 0. The zero-order chi connectivity index (χ0) is 17.1. The second-order valence-electron chi connectivity index (χ2n) is 5.36. The van der Waals surface area contributed by atoms with Gasteiger partial charge in [0.1, 0.15) is 17.7 Å². The van der Waals surface area contributed by atoms with Crippen molar-refractivity contribution in [1.29, 1.82) is 5.26 Å². The Kier molecular flexibility index (Phi) is 4.24.